The summed E-state index contributed by atoms with van der Waals surface area (Å²) in [5, 5.41) is 9.09. The lowest BCUT2D eigenvalue weighted by molar-refractivity contribution is -0.138. The van der Waals surface area contributed by atoms with Crippen molar-refractivity contribution in [3.05, 3.63) is 40.6 Å². The van der Waals surface area contributed by atoms with Gasteiger partial charge in [-0.15, -0.1) is 0 Å². The Bertz CT molecular complexity index is 968. The highest BCUT2D eigenvalue weighted by molar-refractivity contribution is 7.91. The van der Waals surface area contributed by atoms with Crippen molar-refractivity contribution in [2.75, 3.05) is 12.3 Å². The maximum atomic E-state index is 12.8. The number of hydrogen-bond acceptors (Lipinski definition) is 4. The van der Waals surface area contributed by atoms with Crippen LogP contribution in [0.25, 0.3) is 0 Å². The van der Waals surface area contributed by atoms with Gasteiger partial charge in [0.15, 0.2) is 9.84 Å². The molecule has 0 fully saturated rings. The molecule has 1 aromatic carbocycles. The number of halogens is 1. The number of hydrogen-bond donors (Lipinski definition) is 1. The third kappa shape index (κ3) is 5.24. The van der Waals surface area contributed by atoms with E-state index in [2.05, 4.69) is 0 Å². The zero-order chi connectivity index (χ0) is 22.9. The van der Waals surface area contributed by atoms with Crippen molar-refractivity contribution >= 4 is 33.3 Å². The number of amides is 1. The van der Waals surface area contributed by atoms with Crippen LogP contribution in [0.3, 0.4) is 0 Å². The number of carboxylic acid groups (broad SMARTS) is 1. The van der Waals surface area contributed by atoms with Crippen molar-refractivity contribution in [3.8, 4) is 0 Å². The molecule has 1 heterocycles. The molecule has 0 radical (unpaired) electrons. The smallest absolute Gasteiger partial charge is 0.305 e. The summed E-state index contributed by atoms with van der Waals surface area (Å²) in [7, 11) is -3.50. The van der Waals surface area contributed by atoms with E-state index in [-0.39, 0.29) is 52.8 Å². The van der Waals surface area contributed by atoms with E-state index in [1.165, 1.54) is 11.0 Å². The maximum absolute atomic E-state index is 12.8. The fourth-order valence-corrected chi connectivity index (χ4v) is 6.20. The molecular formula is C22H30ClNO5S. The fourth-order valence-electron chi connectivity index (χ4n) is 3.97. The standard InChI is InChI=1S/C22H30ClNO5S/c1-14(2)13-30(28,29)19-7-6-16(10-18(19)23)22(5)11-20(25)24(9-8-21(26)27)12-17(22)15(3)4/h6-7,10,12,14-15H,8-9,11,13H2,1-5H3,(H,26,27)/t22-/m0/s1. The maximum Gasteiger partial charge on any atom is 0.305 e. The molecule has 0 aliphatic carbocycles. The van der Waals surface area contributed by atoms with Crippen LogP contribution in [-0.4, -0.2) is 42.6 Å². The van der Waals surface area contributed by atoms with E-state index in [4.69, 9.17) is 16.7 Å². The number of carboxylic acids is 1. The molecule has 2 rings (SSSR count). The third-order valence-corrected chi connectivity index (χ3v) is 7.96. The molecule has 0 saturated heterocycles. The lowest BCUT2D eigenvalue weighted by atomic mass is 9.68. The molecule has 0 aromatic heterocycles. The number of rotatable bonds is 8. The Hall–Kier alpha value is -1.86. The van der Waals surface area contributed by atoms with Crippen LogP contribution in [0.15, 0.2) is 34.9 Å². The van der Waals surface area contributed by atoms with Gasteiger partial charge in [0.1, 0.15) is 0 Å². The summed E-state index contributed by atoms with van der Waals surface area (Å²) in [6.07, 6.45) is 1.78. The first-order valence-corrected chi connectivity index (χ1v) is 12.1. The van der Waals surface area contributed by atoms with Crippen molar-refractivity contribution in [1.82, 2.24) is 4.90 Å². The van der Waals surface area contributed by atoms with Crippen LogP contribution in [0.5, 0.6) is 0 Å². The topological polar surface area (TPSA) is 91.8 Å². The van der Waals surface area contributed by atoms with E-state index in [1.54, 1.807) is 18.3 Å². The zero-order valence-electron chi connectivity index (χ0n) is 18.1. The third-order valence-electron chi connectivity index (χ3n) is 5.40. The lowest BCUT2D eigenvalue weighted by Crippen LogP contribution is -2.42. The van der Waals surface area contributed by atoms with Crippen LogP contribution in [0, 0.1) is 11.8 Å². The van der Waals surface area contributed by atoms with Gasteiger partial charge in [-0.1, -0.05) is 52.3 Å². The van der Waals surface area contributed by atoms with Crippen LogP contribution in [0.2, 0.25) is 5.02 Å². The SMILES string of the molecule is CC(C)CS(=O)(=O)c1ccc([C@]2(C)CC(=O)N(CCC(=O)O)C=C2C(C)C)cc1Cl. The zero-order valence-corrected chi connectivity index (χ0v) is 19.7. The molecule has 1 amide bonds. The Kier molecular flexibility index (Phi) is 7.41. The lowest BCUT2D eigenvalue weighted by Gasteiger charge is -2.41. The van der Waals surface area contributed by atoms with Gasteiger partial charge in [0.05, 0.1) is 22.1 Å². The predicted molar refractivity (Wildman–Crippen MR) is 117 cm³/mol. The van der Waals surface area contributed by atoms with Crippen LogP contribution < -0.4 is 0 Å². The van der Waals surface area contributed by atoms with Crippen molar-refractivity contribution in [1.29, 1.82) is 0 Å². The van der Waals surface area contributed by atoms with Crippen molar-refractivity contribution in [3.63, 3.8) is 0 Å². The molecule has 1 N–H and O–H groups in total. The average molecular weight is 456 g/mol. The van der Waals surface area contributed by atoms with E-state index in [1.807, 2.05) is 34.6 Å². The highest BCUT2D eigenvalue weighted by Crippen LogP contribution is 2.44. The summed E-state index contributed by atoms with van der Waals surface area (Å²) in [5.41, 5.74) is 1.08. The summed E-state index contributed by atoms with van der Waals surface area (Å²) in [5.74, 6) is -1.04. The minimum absolute atomic E-state index is 0.0114. The molecule has 0 bridgehead atoms. The van der Waals surface area contributed by atoms with Gasteiger partial charge in [-0.3, -0.25) is 9.59 Å². The van der Waals surface area contributed by atoms with Gasteiger partial charge in [-0.2, -0.15) is 0 Å². The van der Waals surface area contributed by atoms with Crippen LogP contribution in [0.4, 0.5) is 0 Å². The second-order valence-electron chi connectivity index (χ2n) is 8.80. The molecule has 1 atom stereocenters. The molecular weight excluding hydrogens is 426 g/mol. The second-order valence-corrected chi connectivity index (χ2v) is 11.2. The Morgan fingerprint density at radius 1 is 1.27 bits per heavy atom. The van der Waals surface area contributed by atoms with E-state index < -0.39 is 21.2 Å². The predicted octanol–water partition coefficient (Wildman–Crippen LogP) is 4.27. The summed E-state index contributed by atoms with van der Waals surface area (Å²) >= 11 is 6.40. The summed E-state index contributed by atoms with van der Waals surface area (Å²) in [6.45, 7) is 9.76. The molecule has 30 heavy (non-hydrogen) atoms. The molecule has 8 heteroatoms. The molecule has 1 aliphatic rings. The Morgan fingerprint density at radius 3 is 2.40 bits per heavy atom. The van der Waals surface area contributed by atoms with Gasteiger partial charge in [0, 0.05) is 24.6 Å². The largest absolute Gasteiger partial charge is 0.481 e. The van der Waals surface area contributed by atoms with E-state index >= 15 is 0 Å². The van der Waals surface area contributed by atoms with Crippen LogP contribution >= 0.6 is 11.6 Å². The summed E-state index contributed by atoms with van der Waals surface area (Å²) in [4.78, 5) is 25.2. The first kappa shape index (κ1) is 24.4. The van der Waals surface area contributed by atoms with Gasteiger partial charge in [-0.25, -0.2) is 8.42 Å². The summed E-state index contributed by atoms with van der Waals surface area (Å²) in [6, 6.07) is 4.90. The normalized spacial score (nSPS) is 20.1. The number of aliphatic carboxylic acids is 1. The Morgan fingerprint density at radius 2 is 1.90 bits per heavy atom. The van der Waals surface area contributed by atoms with Gasteiger partial charge in [0.25, 0.3) is 0 Å². The molecule has 1 aliphatic heterocycles. The Labute approximate surface area is 183 Å². The highest BCUT2D eigenvalue weighted by Gasteiger charge is 2.40. The van der Waals surface area contributed by atoms with Gasteiger partial charge >= 0.3 is 5.97 Å². The van der Waals surface area contributed by atoms with Crippen molar-refractivity contribution in [2.45, 2.75) is 57.8 Å². The van der Waals surface area contributed by atoms with Crippen LogP contribution in [-0.2, 0) is 24.8 Å². The number of sulfone groups is 1. The van der Waals surface area contributed by atoms with Crippen LogP contribution in [0.1, 0.15) is 53.0 Å². The fraction of sp³-hybridized carbons (Fsp3) is 0.545. The van der Waals surface area contributed by atoms with E-state index in [0.717, 1.165) is 11.1 Å². The van der Waals surface area contributed by atoms with Gasteiger partial charge in [0.2, 0.25) is 5.91 Å². The first-order valence-electron chi connectivity index (χ1n) is 10.0. The molecule has 0 saturated carbocycles. The molecule has 1 aromatic rings. The minimum Gasteiger partial charge on any atom is -0.481 e. The average Bonchev–Trinajstić information content (AvgIpc) is 2.59. The number of allylic oxidation sites excluding steroid dienone is 1. The molecule has 0 spiro atoms. The van der Waals surface area contributed by atoms with Crippen molar-refractivity contribution in [2.24, 2.45) is 11.8 Å². The summed E-state index contributed by atoms with van der Waals surface area (Å²) < 4.78 is 25.2. The van der Waals surface area contributed by atoms with Gasteiger partial charge < -0.3 is 10.0 Å². The molecule has 0 unspecified atom stereocenters. The quantitative estimate of drug-likeness (QED) is 0.631. The Balaban J connectivity index is 2.48. The monoisotopic (exact) mass is 455 g/mol. The second kappa shape index (κ2) is 9.10. The van der Waals surface area contributed by atoms with Crippen molar-refractivity contribution < 1.29 is 23.1 Å². The molecule has 166 valence electrons. The van der Waals surface area contributed by atoms with E-state index in [0.29, 0.717) is 0 Å². The number of nitrogens with zero attached hydrogens (tertiary/aromatic N) is 1. The van der Waals surface area contributed by atoms with E-state index in [9.17, 15) is 18.0 Å². The number of benzene rings is 1. The molecule has 6 nitrogen and oxygen atoms in total. The van der Waals surface area contributed by atoms with Gasteiger partial charge in [-0.05, 0) is 35.1 Å². The first-order chi connectivity index (χ1) is 13.8. The number of carbonyl (C=O) groups is 2. The highest BCUT2D eigenvalue weighted by atomic mass is 35.5. The number of carbonyl (C=O) groups excluding carboxylic acids is 1. The minimum atomic E-state index is -3.50.